The van der Waals surface area contributed by atoms with E-state index in [4.69, 9.17) is 0 Å². The van der Waals surface area contributed by atoms with Gasteiger partial charge in [-0.2, -0.15) is 11.8 Å². The highest BCUT2D eigenvalue weighted by atomic mass is 79.9. The van der Waals surface area contributed by atoms with Gasteiger partial charge >= 0.3 is 5.69 Å². The maximum absolute atomic E-state index is 13.1. The number of thioether (sulfide) groups is 1. The minimum absolute atomic E-state index is 0.0273. The van der Waals surface area contributed by atoms with Crippen LogP contribution >= 0.6 is 27.7 Å². The Kier molecular flexibility index (Phi) is 5.79. The molecule has 164 valence electrons. The summed E-state index contributed by atoms with van der Waals surface area (Å²) in [6.07, 6.45) is 1.63. The van der Waals surface area contributed by atoms with Crippen molar-refractivity contribution in [3.63, 3.8) is 0 Å². The van der Waals surface area contributed by atoms with Crippen LogP contribution in [-0.2, 0) is 4.79 Å². The third kappa shape index (κ3) is 4.07. The molecule has 3 N–H and O–H groups in total. The number of nitrogens with one attached hydrogen (secondary N) is 3. The number of benzene rings is 2. The first-order valence-electron chi connectivity index (χ1n) is 10.2. The highest BCUT2D eigenvalue weighted by Crippen LogP contribution is 2.30. The second kappa shape index (κ2) is 8.87. The molecule has 0 aliphatic carbocycles. The Bertz CT molecular complexity index is 1320. The van der Waals surface area contributed by atoms with Gasteiger partial charge in [0.05, 0.1) is 35.3 Å². The van der Waals surface area contributed by atoms with Crippen LogP contribution in [0.3, 0.4) is 0 Å². The van der Waals surface area contributed by atoms with E-state index in [1.54, 1.807) is 10.9 Å². The Labute approximate surface area is 196 Å². The van der Waals surface area contributed by atoms with Crippen molar-refractivity contribution in [3.05, 3.63) is 63.7 Å². The molecule has 0 spiro atoms. The molecule has 0 unspecified atom stereocenters. The minimum Gasteiger partial charge on any atom is -0.361 e. The van der Waals surface area contributed by atoms with Crippen LogP contribution in [0, 0.1) is 0 Å². The summed E-state index contributed by atoms with van der Waals surface area (Å²) in [5.41, 5.74) is 3.60. The molecule has 3 heterocycles. The second-order valence-electron chi connectivity index (χ2n) is 7.45. The maximum atomic E-state index is 13.1. The number of imidazole rings is 2. The predicted octanol–water partition coefficient (Wildman–Crippen LogP) is 3.46. The molecule has 0 saturated carbocycles. The van der Waals surface area contributed by atoms with Crippen molar-refractivity contribution in [2.45, 2.75) is 0 Å². The largest absolute Gasteiger partial charge is 0.361 e. The number of carbonyl (C=O) groups is 1. The van der Waals surface area contributed by atoms with Crippen LogP contribution in [0.2, 0.25) is 0 Å². The molecule has 0 bridgehead atoms. The molecule has 10 heteroatoms. The van der Waals surface area contributed by atoms with E-state index in [1.807, 2.05) is 59.1 Å². The van der Waals surface area contributed by atoms with Gasteiger partial charge in [0.25, 0.3) is 0 Å². The van der Waals surface area contributed by atoms with E-state index in [9.17, 15) is 9.59 Å². The van der Waals surface area contributed by atoms with Crippen LogP contribution in [-0.4, -0.2) is 61.5 Å². The molecule has 0 atom stereocenters. The summed E-state index contributed by atoms with van der Waals surface area (Å²) >= 11 is 5.33. The average Bonchev–Trinajstić information content (AvgIpc) is 3.42. The van der Waals surface area contributed by atoms with Gasteiger partial charge in [-0.05, 0) is 30.3 Å². The van der Waals surface area contributed by atoms with Crippen molar-refractivity contribution in [3.8, 4) is 16.9 Å². The summed E-state index contributed by atoms with van der Waals surface area (Å²) in [5, 5.41) is 3.18. The van der Waals surface area contributed by atoms with Crippen molar-refractivity contribution in [2.24, 2.45) is 0 Å². The lowest BCUT2D eigenvalue weighted by molar-refractivity contribution is -0.128. The Balaban J connectivity index is 1.54. The molecule has 5 rings (SSSR count). The van der Waals surface area contributed by atoms with E-state index in [0.29, 0.717) is 17.2 Å². The van der Waals surface area contributed by atoms with Gasteiger partial charge in [0.2, 0.25) is 5.91 Å². The molecule has 1 amide bonds. The molecule has 4 aromatic rings. The third-order valence-corrected chi connectivity index (χ3v) is 6.93. The number of H-pyrrole nitrogens is 2. The number of aromatic amines is 2. The Morgan fingerprint density at radius 1 is 1.16 bits per heavy atom. The first-order valence-corrected chi connectivity index (χ1v) is 12.2. The van der Waals surface area contributed by atoms with E-state index in [-0.39, 0.29) is 18.1 Å². The standard InChI is InChI=1S/C22H21BrN6O2S/c23-15-3-1-14(2-4-15)20-21(24-12-19(30)28-7-9-32-10-8-28)27-22(31)29(20)16-5-6-17-18(11-16)26-13-25-17/h1-6,11,13,24H,7-10,12H2,(H,25,26)(H,27,31). The maximum Gasteiger partial charge on any atom is 0.332 e. The van der Waals surface area contributed by atoms with E-state index >= 15 is 0 Å². The summed E-state index contributed by atoms with van der Waals surface area (Å²) in [7, 11) is 0. The average molecular weight is 513 g/mol. The quantitative estimate of drug-likeness (QED) is 0.380. The smallest absolute Gasteiger partial charge is 0.332 e. The Morgan fingerprint density at radius 3 is 2.72 bits per heavy atom. The second-order valence-corrected chi connectivity index (χ2v) is 9.59. The highest BCUT2D eigenvalue weighted by Gasteiger charge is 2.21. The molecule has 32 heavy (non-hydrogen) atoms. The topological polar surface area (TPSA) is 98.8 Å². The van der Waals surface area contributed by atoms with Gasteiger partial charge in [-0.15, -0.1) is 0 Å². The number of hydrogen-bond donors (Lipinski definition) is 3. The van der Waals surface area contributed by atoms with Crippen LogP contribution in [0.5, 0.6) is 0 Å². The minimum atomic E-state index is -0.286. The molecular weight excluding hydrogens is 492 g/mol. The fourth-order valence-electron chi connectivity index (χ4n) is 3.84. The number of amides is 1. The van der Waals surface area contributed by atoms with Gasteiger partial charge in [0.15, 0.2) is 0 Å². The predicted molar refractivity (Wildman–Crippen MR) is 132 cm³/mol. The van der Waals surface area contributed by atoms with Crippen molar-refractivity contribution < 1.29 is 4.79 Å². The lowest BCUT2D eigenvalue weighted by Gasteiger charge is -2.26. The van der Waals surface area contributed by atoms with Crippen LogP contribution in [0.15, 0.2) is 58.1 Å². The molecule has 8 nitrogen and oxygen atoms in total. The van der Waals surface area contributed by atoms with E-state index < -0.39 is 0 Å². The number of hydrogen-bond acceptors (Lipinski definition) is 5. The van der Waals surface area contributed by atoms with Crippen LogP contribution in [0.4, 0.5) is 5.82 Å². The van der Waals surface area contributed by atoms with Gasteiger partial charge < -0.3 is 15.2 Å². The molecule has 2 aromatic heterocycles. The first-order chi connectivity index (χ1) is 15.6. The van der Waals surface area contributed by atoms with Crippen LogP contribution < -0.4 is 11.0 Å². The number of nitrogens with zero attached hydrogens (tertiary/aromatic N) is 3. The fraction of sp³-hybridized carbons (Fsp3) is 0.227. The molecule has 1 aliphatic heterocycles. The van der Waals surface area contributed by atoms with Gasteiger partial charge in [-0.1, -0.05) is 28.1 Å². The van der Waals surface area contributed by atoms with E-state index in [0.717, 1.165) is 45.7 Å². The SMILES string of the molecule is O=C(CNc1[nH]c(=O)n(-c2ccc3nc[nH]c3c2)c1-c1ccc(Br)cc1)N1CCSCC1. The van der Waals surface area contributed by atoms with Crippen molar-refractivity contribution in [1.82, 2.24) is 24.4 Å². The zero-order valence-corrected chi connectivity index (χ0v) is 19.5. The molecule has 1 aliphatic rings. The highest BCUT2D eigenvalue weighted by molar-refractivity contribution is 9.10. The molecule has 1 saturated heterocycles. The molecule has 0 radical (unpaired) electrons. The molecule has 1 fully saturated rings. The van der Waals surface area contributed by atoms with Crippen LogP contribution in [0.25, 0.3) is 28.0 Å². The summed E-state index contributed by atoms with van der Waals surface area (Å²) in [6.45, 7) is 1.63. The van der Waals surface area contributed by atoms with Crippen molar-refractivity contribution >= 4 is 50.5 Å². The first kappa shape index (κ1) is 20.9. The van der Waals surface area contributed by atoms with Gasteiger partial charge in [0, 0.05) is 34.6 Å². The summed E-state index contributed by atoms with van der Waals surface area (Å²) in [6, 6.07) is 13.4. The fourth-order valence-corrected chi connectivity index (χ4v) is 5.01. The third-order valence-electron chi connectivity index (χ3n) is 5.46. The van der Waals surface area contributed by atoms with E-state index in [1.165, 1.54) is 0 Å². The summed E-state index contributed by atoms with van der Waals surface area (Å²) in [5.74, 6) is 2.46. The Hall–Kier alpha value is -2.98. The molecule has 2 aromatic carbocycles. The number of rotatable bonds is 5. The lowest BCUT2D eigenvalue weighted by atomic mass is 10.1. The van der Waals surface area contributed by atoms with Gasteiger partial charge in [0.1, 0.15) is 5.82 Å². The lowest BCUT2D eigenvalue weighted by Crippen LogP contribution is -2.41. The van der Waals surface area contributed by atoms with Crippen LogP contribution in [0.1, 0.15) is 0 Å². The zero-order chi connectivity index (χ0) is 22.1. The number of aromatic nitrogens is 4. The van der Waals surface area contributed by atoms with Crippen molar-refractivity contribution in [1.29, 1.82) is 0 Å². The number of carbonyl (C=O) groups excluding carboxylic acids is 1. The van der Waals surface area contributed by atoms with Gasteiger partial charge in [-0.3, -0.25) is 14.3 Å². The van der Waals surface area contributed by atoms with Gasteiger partial charge in [-0.25, -0.2) is 9.78 Å². The van der Waals surface area contributed by atoms with Crippen molar-refractivity contribution in [2.75, 3.05) is 36.5 Å². The normalized spacial score (nSPS) is 14.1. The monoisotopic (exact) mass is 512 g/mol. The Morgan fingerprint density at radius 2 is 1.94 bits per heavy atom. The summed E-state index contributed by atoms with van der Waals surface area (Å²) in [4.78, 5) is 37.9. The van der Waals surface area contributed by atoms with E-state index in [2.05, 4.69) is 36.2 Å². The summed E-state index contributed by atoms with van der Waals surface area (Å²) < 4.78 is 2.56. The number of anilines is 1. The number of fused-ring (bicyclic) bond motifs is 1. The zero-order valence-electron chi connectivity index (χ0n) is 17.1. The number of halogens is 1. The molecular formula is C22H21BrN6O2S.